The Morgan fingerprint density at radius 2 is 1.96 bits per heavy atom. The highest BCUT2D eigenvalue weighted by molar-refractivity contribution is 6.00. The van der Waals surface area contributed by atoms with E-state index in [4.69, 9.17) is 9.84 Å². The van der Waals surface area contributed by atoms with Crippen molar-refractivity contribution < 1.29 is 19.4 Å². The fraction of sp³-hybridized carbons (Fsp3) is 0.300. The molecule has 5 nitrogen and oxygen atoms in total. The minimum absolute atomic E-state index is 0.122. The highest BCUT2D eigenvalue weighted by atomic mass is 16.5. The summed E-state index contributed by atoms with van der Waals surface area (Å²) >= 11 is 0. The Bertz CT molecular complexity index is 845. The molecule has 0 aromatic heterocycles. The Labute approximate surface area is 145 Å². The first kappa shape index (κ1) is 15.7. The average Bonchev–Trinajstić information content (AvgIpc) is 3.22. The van der Waals surface area contributed by atoms with Gasteiger partial charge in [0.05, 0.1) is 5.56 Å². The van der Waals surface area contributed by atoms with Gasteiger partial charge in [0.25, 0.3) is 5.91 Å². The second kappa shape index (κ2) is 6.24. The first-order chi connectivity index (χ1) is 12.1. The van der Waals surface area contributed by atoms with Crippen LogP contribution < -0.4 is 9.64 Å². The van der Waals surface area contributed by atoms with Gasteiger partial charge >= 0.3 is 5.97 Å². The van der Waals surface area contributed by atoms with Crippen molar-refractivity contribution in [3.05, 3.63) is 59.2 Å². The van der Waals surface area contributed by atoms with Gasteiger partial charge in [0, 0.05) is 18.7 Å². The quantitative estimate of drug-likeness (QED) is 0.931. The van der Waals surface area contributed by atoms with E-state index in [0.29, 0.717) is 18.7 Å². The SMILES string of the molecule is O=C(O)c1cccc(N2CCC(Oc3ccc4c(c3)CCC4)C2=O)c1. The molecule has 2 aromatic rings. The van der Waals surface area contributed by atoms with E-state index in [-0.39, 0.29) is 11.5 Å². The Kier molecular flexibility index (Phi) is 3.92. The van der Waals surface area contributed by atoms with Gasteiger partial charge < -0.3 is 14.7 Å². The van der Waals surface area contributed by atoms with Gasteiger partial charge in [0.1, 0.15) is 5.75 Å². The zero-order valence-corrected chi connectivity index (χ0v) is 13.8. The lowest BCUT2D eigenvalue weighted by atomic mass is 10.1. The largest absolute Gasteiger partial charge is 0.481 e. The van der Waals surface area contributed by atoms with Gasteiger partial charge in [-0.1, -0.05) is 12.1 Å². The molecule has 2 aliphatic rings. The molecule has 1 N–H and O–H groups in total. The predicted molar refractivity (Wildman–Crippen MR) is 93.3 cm³/mol. The summed E-state index contributed by atoms with van der Waals surface area (Å²) in [7, 11) is 0. The first-order valence-corrected chi connectivity index (χ1v) is 8.55. The van der Waals surface area contributed by atoms with Crippen molar-refractivity contribution in [3.63, 3.8) is 0 Å². The summed E-state index contributed by atoms with van der Waals surface area (Å²) in [5.74, 6) is -0.386. The van der Waals surface area contributed by atoms with Gasteiger partial charge in [-0.15, -0.1) is 0 Å². The Hall–Kier alpha value is -2.82. The molecule has 4 rings (SSSR count). The van der Waals surface area contributed by atoms with Crippen molar-refractivity contribution in [2.75, 3.05) is 11.4 Å². The first-order valence-electron chi connectivity index (χ1n) is 8.55. The van der Waals surface area contributed by atoms with E-state index in [2.05, 4.69) is 6.07 Å². The topological polar surface area (TPSA) is 66.8 Å². The number of carboxylic acids is 1. The van der Waals surface area contributed by atoms with E-state index < -0.39 is 12.1 Å². The summed E-state index contributed by atoms with van der Waals surface area (Å²) in [6.45, 7) is 0.525. The molecule has 25 heavy (non-hydrogen) atoms. The molecular formula is C20H19NO4. The summed E-state index contributed by atoms with van der Waals surface area (Å²) in [6.07, 6.45) is 3.43. The van der Waals surface area contributed by atoms with E-state index in [9.17, 15) is 9.59 Å². The molecule has 1 unspecified atom stereocenters. The van der Waals surface area contributed by atoms with Gasteiger partial charge in [-0.2, -0.15) is 0 Å². The van der Waals surface area contributed by atoms with Gasteiger partial charge in [-0.3, -0.25) is 4.79 Å². The molecule has 1 aliphatic carbocycles. The van der Waals surface area contributed by atoms with Gasteiger partial charge in [0.15, 0.2) is 6.10 Å². The molecule has 1 fully saturated rings. The molecule has 0 bridgehead atoms. The number of benzene rings is 2. The maximum atomic E-state index is 12.7. The van der Waals surface area contributed by atoms with Gasteiger partial charge in [-0.05, 0) is 60.7 Å². The highest BCUT2D eigenvalue weighted by Crippen LogP contribution is 2.29. The number of carbonyl (C=O) groups excluding carboxylic acids is 1. The molecule has 0 spiro atoms. The number of fused-ring (bicyclic) bond motifs is 1. The van der Waals surface area contributed by atoms with Crippen molar-refractivity contribution >= 4 is 17.6 Å². The smallest absolute Gasteiger partial charge is 0.335 e. The summed E-state index contributed by atoms with van der Waals surface area (Å²) in [4.78, 5) is 25.4. The van der Waals surface area contributed by atoms with Crippen molar-refractivity contribution in [3.8, 4) is 5.75 Å². The fourth-order valence-corrected chi connectivity index (χ4v) is 3.61. The summed E-state index contributed by atoms with van der Waals surface area (Å²) in [5, 5.41) is 9.11. The maximum absolute atomic E-state index is 12.7. The number of ether oxygens (including phenoxy) is 1. The third kappa shape index (κ3) is 2.97. The van der Waals surface area contributed by atoms with Crippen molar-refractivity contribution in [1.29, 1.82) is 0 Å². The molecular weight excluding hydrogens is 318 g/mol. The third-order valence-corrected chi connectivity index (χ3v) is 4.91. The zero-order valence-electron chi connectivity index (χ0n) is 13.8. The minimum Gasteiger partial charge on any atom is -0.481 e. The Balaban J connectivity index is 1.50. The summed E-state index contributed by atoms with van der Waals surface area (Å²) in [6, 6.07) is 12.5. The second-order valence-electron chi connectivity index (χ2n) is 6.52. The standard InChI is InChI=1S/C20H19NO4/c22-19-18(25-17-8-7-13-3-1-4-14(13)12-17)9-10-21(19)16-6-2-5-15(11-16)20(23)24/h2,5-8,11-12,18H,1,3-4,9-10H2,(H,23,24). The minimum atomic E-state index is -1.00. The van der Waals surface area contributed by atoms with Gasteiger partial charge in [0.2, 0.25) is 0 Å². The van der Waals surface area contributed by atoms with E-state index in [0.717, 1.165) is 18.6 Å². The summed E-state index contributed by atoms with van der Waals surface area (Å²) < 4.78 is 5.93. The number of carbonyl (C=O) groups is 2. The molecule has 128 valence electrons. The fourth-order valence-electron chi connectivity index (χ4n) is 3.61. The van der Waals surface area contributed by atoms with Crippen LogP contribution >= 0.6 is 0 Å². The second-order valence-corrected chi connectivity index (χ2v) is 6.52. The van der Waals surface area contributed by atoms with E-state index in [1.165, 1.54) is 29.7 Å². The van der Waals surface area contributed by atoms with Crippen molar-refractivity contribution in [2.24, 2.45) is 0 Å². The molecule has 5 heteroatoms. The lowest BCUT2D eigenvalue weighted by Gasteiger charge is -2.18. The monoisotopic (exact) mass is 337 g/mol. The molecule has 1 heterocycles. The normalized spacial score (nSPS) is 19.1. The molecule has 0 radical (unpaired) electrons. The number of hydrogen-bond acceptors (Lipinski definition) is 3. The number of carboxylic acid groups (broad SMARTS) is 1. The molecule has 1 aliphatic heterocycles. The number of amides is 1. The van der Waals surface area contributed by atoms with E-state index >= 15 is 0 Å². The van der Waals surface area contributed by atoms with Crippen LogP contribution in [0, 0.1) is 0 Å². The van der Waals surface area contributed by atoms with Crippen LogP contribution in [0.5, 0.6) is 5.75 Å². The van der Waals surface area contributed by atoms with Crippen molar-refractivity contribution in [1.82, 2.24) is 0 Å². The zero-order chi connectivity index (χ0) is 17.4. The molecule has 2 aromatic carbocycles. The molecule has 1 amide bonds. The molecule has 0 saturated carbocycles. The third-order valence-electron chi connectivity index (χ3n) is 4.91. The number of anilines is 1. The van der Waals surface area contributed by atoms with Crippen molar-refractivity contribution in [2.45, 2.75) is 31.8 Å². The molecule has 1 atom stereocenters. The van der Waals surface area contributed by atoms with Crippen LogP contribution in [0.25, 0.3) is 0 Å². The van der Waals surface area contributed by atoms with Crippen LogP contribution in [0.15, 0.2) is 42.5 Å². The Morgan fingerprint density at radius 1 is 1.12 bits per heavy atom. The number of rotatable bonds is 4. The lowest BCUT2D eigenvalue weighted by Crippen LogP contribution is -2.32. The predicted octanol–water partition coefficient (Wildman–Crippen LogP) is 3.06. The number of nitrogens with zero attached hydrogens (tertiary/aromatic N) is 1. The van der Waals surface area contributed by atoms with E-state index in [1.807, 2.05) is 12.1 Å². The molecule has 1 saturated heterocycles. The lowest BCUT2D eigenvalue weighted by molar-refractivity contribution is -0.122. The van der Waals surface area contributed by atoms with Crippen LogP contribution in [0.4, 0.5) is 5.69 Å². The highest BCUT2D eigenvalue weighted by Gasteiger charge is 2.34. The average molecular weight is 337 g/mol. The van der Waals surface area contributed by atoms with Crippen LogP contribution in [-0.2, 0) is 17.6 Å². The number of aryl methyl sites for hydroxylation is 2. The van der Waals surface area contributed by atoms with Crippen LogP contribution in [0.1, 0.15) is 34.3 Å². The summed E-state index contributed by atoms with van der Waals surface area (Å²) in [5.41, 5.74) is 3.46. The van der Waals surface area contributed by atoms with E-state index in [1.54, 1.807) is 17.0 Å². The maximum Gasteiger partial charge on any atom is 0.335 e. The van der Waals surface area contributed by atoms with Crippen LogP contribution in [-0.4, -0.2) is 29.6 Å². The number of hydrogen-bond donors (Lipinski definition) is 1. The van der Waals surface area contributed by atoms with Gasteiger partial charge in [-0.25, -0.2) is 4.79 Å². The Morgan fingerprint density at radius 3 is 2.80 bits per heavy atom. The number of aromatic carboxylic acids is 1. The van der Waals surface area contributed by atoms with Crippen LogP contribution in [0.2, 0.25) is 0 Å². The van der Waals surface area contributed by atoms with Crippen LogP contribution in [0.3, 0.4) is 0 Å².